The van der Waals surface area contributed by atoms with Crippen molar-refractivity contribution >= 4 is 23.5 Å². The summed E-state index contributed by atoms with van der Waals surface area (Å²) in [5, 5.41) is 9.75. The third kappa shape index (κ3) is 3.91. The second-order valence-corrected chi connectivity index (χ2v) is 5.95. The first-order valence-corrected chi connectivity index (χ1v) is 8.66. The van der Waals surface area contributed by atoms with Gasteiger partial charge in [0, 0.05) is 0 Å². The van der Waals surface area contributed by atoms with E-state index in [-0.39, 0.29) is 46.6 Å². The van der Waals surface area contributed by atoms with Gasteiger partial charge in [-0.2, -0.15) is 5.26 Å². The van der Waals surface area contributed by atoms with Gasteiger partial charge in [0.25, 0.3) is 0 Å². The van der Waals surface area contributed by atoms with Crippen LogP contribution in [0.5, 0.6) is 0 Å². The molecule has 1 aromatic carbocycles. The molecular weight excluding hydrogens is 372 g/mol. The van der Waals surface area contributed by atoms with Crippen LogP contribution in [0.4, 0.5) is 0 Å². The molecule has 27 heavy (non-hydrogen) atoms. The molecule has 0 spiro atoms. The van der Waals surface area contributed by atoms with Crippen molar-refractivity contribution in [2.45, 2.75) is 26.7 Å². The molecule has 1 atom stereocenters. The lowest BCUT2D eigenvalue weighted by atomic mass is 9.81. The average Bonchev–Trinajstić information content (AvgIpc) is 2.61. The Hall–Kier alpha value is -2.98. The van der Waals surface area contributed by atoms with Crippen LogP contribution < -0.4 is 5.73 Å². The van der Waals surface area contributed by atoms with Crippen molar-refractivity contribution in [2.24, 2.45) is 5.73 Å². The Kier molecular flexibility index (Phi) is 6.48. The third-order valence-corrected chi connectivity index (χ3v) is 4.25. The minimum absolute atomic E-state index is 0.0172. The molecule has 0 amide bonds. The van der Waals surface area contributed by atoms with Gasteiger partial charge in [-0.15, -0.1) is 0 Å². The van der Waals surface area contributed by atoms with Gasteiger partial charge < -0.3 is 19.9 Å². The molecular formula is C19H19ClN2O5. The van der Waals surface area contributed by atoms with Crippen molar-refractivity contribution < 1.29 is 23.8 Å². The summed E-state index contributed by atoms with van der Waals surface area (Å²) in [6.07, 6.45) is 0. The first-order chi connectivity index (χ1) is 12.9. The van der Waals surface area contributed by atoms with Crippen molar-refractivity contribution in [3.63, 3.8) is 0 Å². The number of rotatable bonds is 5. The number of ether oxygens (including phenoxy) is 3. The summed E-state index contributed by atoms with van der Waals surface area (Å²) < 4.78 is 15.6. The Morgan fingerprint density at radius 2 is 1.89 bits per heavy atom. The molecule has 2 rings (SSSR count). The van der Waals surface area contributed by atoms with E-state index in [0.29, 0.717) is 5.56 Å². The fraction of sp³-hybridized carbons (Fsp3) is 0.316. The van der Waals surface area contributed by atoms with Crippen molar-refractivity contribution in [2.75, 3.05) is 13.2 Å². The lowest BCUT2D eigenvalue weighted by Gasteiger charge is -2.28. The van der Waals surface area contributed by atoms with Gasteiger partial charge in [0.1, 0.15) is 17.4 Å². The molecule has 0 aromatic heterocycles. The van der Waals surface area contributed by atoms with Gasteiger partial charge in [-0.1, -0.05) is 23.7 Å². The fourth-order valence-corrected chi connectivity index (χ4v) is 3.12. The maximum Gasteiger partial charge on any atom is 0.339 e. The van der Waals surface area contributed by atoms with Gasteiger partial charge in [-0.3, -0.25) is 0 Å². The maximum atomic E-state index is 12.6. The summed E-state index contributed by atoms with van der Waals surface area (Å²) >= 11 is 6.24. The first kappa shape index (κ1) is 20.3. The molecule has 1 unspecified atom stereocenters. The molecule has 7 nitrogen and oxygen atoms in total. The highest BCUT2D eigenvalue weighted by molar-refractivity contribution is 6.33. The second kappa shape index (κ2) is 8.60. The number of nitriles is 1. The Bertz CT molecular complexity index is 883. The third-order valence-electron chi connectivity index (χ3n) is 3.94. The van der Waals surface area contributed by atoms with Crippen LogP contribution in [0.1, 0.15) is 42.6 Å². The summed E-state index contributed by atoms with van der Waals surface area (Å²) in [5.41, 5.74) is 6.30. The van der Waals surface area contributed by atoms with Gasteiger partial charge in [-0.05, 0) is 32.4 Å². The van der Waals surface area contributed by atoms with Crippen LogP contribution in [-0.4, -0.2) is 25.2 Å². The Balaban J connectivity index is 2.76. The number of benzene rings is 1. The predicted molar refractivity (Wildman–Crippen MR) is 97.4 cm³/mol. The minimum Gasteiger partial charge on any atom is -0.463 e. The van der Waals surface area contributed by atoms with Crippen molar-refractivity contribution in [1.82, 2.24) is 0 Å². The zero-order valence-corrected chi connectivity index (χ0v) is 15.9. The van der Waals surface area contributed by atoms with E-state index in [1.807, 2.05) is 6.07 Å². The molecule has 1 aliphatic rings. The zero-order valence-electron chi connectivity index (χ0n) is 15.2. The number of nitrogens with zero attached hydrogens (tertiary/aromatic N) is 1. The van der Waals surface area contributed by atoms with E-state index in [0.717, 1.165) is 0 Å². The highest BCUT2D eigenvalue weighted by Crippen LogP contribution is 2.42. The largest absolute Gasteiger partial charge is 0.463 e. The molecule has 8 heteroatoms. The van der Waals surface area contributed by atoms with Crippen LogP contribution in [-0.2, 0) is 19.0 Å². The molecule has 2 N–H and O–H groups in total. The number of nitrogens with two attached hydrogens (primary N) is 1. The van der Waals surface area contributed by atoms with Crippen LogP contribution >= 0.6 is 11.6 Å². The molecule has 0 radical (unpaired) electrons. The predicted octanol–water partition coefficient (Wildman–Crippen LogP) is 3.16. The highest BCUT2D eigenvalue weighted by atomic mass is 35.5. The number of carbonyl (C=O) groups excluding carboxylic acids is 2. The smallest absolute Gasteiger partial charge is 0.339 e. The van der Waals surface area contributed by atoms with E-state index in [9.17, 15) is 14.9 Å². The van der Waals surface area contributed by atoms with E-state index in [2.05, 4.69) is 0 Å². The van der Waals surface area contributed by atoms with Gasteiger partial charge >= 0.3 is 11.9 Å². The summed E-state index contributed by atoms with van der Waals surface area (Å²) in [5.74, 6) is -2.27. The number of carbonyl (C=O) groups is 2. The molecule has 1 aromatic rings. The summed E-state index contributed by atoms with van der Waals surface area (Å²) in [7, 11) is 0. The van der Waals surface area contributed by atoms with Crippen LogP contribution in [0.2, 0.25) is 5.02 Å². The summed E-state index contributed by atoms with van der Waals surface area (Å²) in [6, 6.07) is 6.68. The standard InChI is InChI=1S/C19H19ClN2O5/c1-4-25-18(23)14-10(3)27-17(22)12(9-21)15(14)11-7-6-8-13(20)16(11)19(24)26-5-2/h6-8,15H,4-5,22H2,1-3H3. The molecule has 0 aliphatic carbocycles. The first-order valence-electron chi connectivity index (χ1n) is 8.28. The van der Waals surface area contributed by atoms with Gasteiger partial charge in [0.05, 0.1) is 35.3 Å². The number of hydrogen-bond donors (Lipinski definition) is 1. The number of hydrogen-bond acceptors (Lipinski definition) is 7. The monoisotopic (exact) mass is 390 g/mol. The number of allylic oxidation sites excluding steroid dienone is 2. The quantitative estimate of drug-likeness (QED) is 0.768. The molecule has 1 heterocycles. The van der Waals surface area contributed by atoms with Crippen LogP contribution in [0, 0.1) is 11.3 Å². The topological polar surface area (TPSA) is 112 Å². The van der Waals surface area contributed by atoms with Crippen molar-refractivity contribution in [1.29, 1.82) is 5.26 Å². The van der Waals surface area contributed by atoms with Crippen LogP contribution in [0.25, 0.3) is 0 Å². The Labute approximate surface area is 161 Å². The minimum atomic E-state index is -0.971. The highest BCUT2D eigenvalue weighted by Gasteiger charge is 2.38. The normalized spacial score (nSPS) is 16.5. The number of halogens is 1. The van der Waals surface area contributed by atoms with E-state index in [4.69, 9.17) is 31.5 Å². The van der Waals surface area contributed by atoms with Crippen LogP contribution in [0.15, 0.2) is 41.0 Å². The molecule has 142 valence electrons. The summed E-state index contributed by atoms with van der Waals surface area (Å²) in [6.45, 7) is 5.12. The molecule has 0 fully saturated rings. The molecule has 0 saturated carbocycles. The van der Waals surface area contributed by atoms with Gasteiger partial charge in [0.2, 0.25) is 5.88 Å². The van der Waals surface area contributed by atoms with Gasteiger partial charge in [-0.25, -0.2) is 9.59 Å². The lowest BCUT2D eigenvalue weighted by Crippen LogP contribution is -2.27. The SMILES string of the molecule is CCOC(=O)C1=C(C)OC(N)=C(C#N)C1c1cccc(Cl)c1C(=O)OCC. The molecule has 0 bridgehead atoms. The van der Waals surface area contributed by atoms with E-state index < -0.39 is 17.9 Å². The molecule has 0 saturated heterocycles. The van der Waals surface area contributed by atoms with E-state index in [1.165, 1.54) is 13.0 Å². The lowest BCUT2D eigenvalue weighted by molar-refractivity contribution is -0.139. The Morgan fingerprint density at radius 1 is 1.26 bits per heavy atom. The molecule has 1 aliphatic heterocycles. The van der Waals surface area contributed by atoms with E-state index >= 15 is 0 Å². The van der Waals surface area contributed by atoms with Crippen molar-refractivity contribution in [3.05, 3.63) is 57.1 Å². The van der Waals surface area contributed by atoms with Gasteiger partial charge in [0.15, 0.2) is 0 Å². The zero-order chi connectivity index (χ0) is 20.1. The fourth-order valence-electron chi connectivity index (χ4n) is 2.87. The van der Waals surface area contributed by atoms with Crippen molar-refractivity contribution in [3.8, 4) is 6.07 Å². The second-order valence-electron chi connectivity index (χ2n) is 5.54. The van der Waals surface area contributed by atoms with Crippen LogP contribution in [0.3, 0.4) is 0 Å². The van der Waals surface area contributed by atoms with E-state index in [1.54, 1.807) is 26.0 Å². The number of esters is 2. The maximum absolute atomic E-state index is 12.6. The summed E-state index contributed by atoms with van der Waals surface area (Å²) in [4.78, 5) is 25.1. The Morgan fingerprint density at radius 3 is 2.48 bits per heavy atom. The average molecular weight is 391 g/mol.